The molecule has 0 spiro atoms. The molecular weight excluding hydrogens is 216 g/mol. The third kappa shape index (κ3) is 5.70. The predicted molar refractivity (Wildman–Crippen MR) is 68.7 cm³/mol. The van der Waals surface area contributed by atoms with Crippen LogP contribution in [0.25, 0.3) is 0 Å². The monoisotopic (exact) mass is 234 g/mol. The Kier molecular flexibility index (Phi) is 5.79. The number of ether oxygens (including phenoxy) is 1. The second-order valence-electron chi connectivity index (χ2n) is 3.73. The number of anilines is 1. The van der Waals surface area contributed by atoms with E-state index in [1.807, 2.05) is 25.1 Å². The van der Waals surface area contributed by atoms with Crippen molar-refractivity contribution < 1.29 is 9.53 Å². The summed E-state index contributed by atoms with van der Waals surface area (Å²) in [5.74, 6) is 0. The first-order valence-corrected chi connectivity index (χ1v) is 5.77. The number of amides is 1. The Morgan fingerprint density at radius 3 is 2.65 bits per heavy atom. The van der Waals surface area contributed by atoms with Gasteiger partial charge in [0.15, 0.2) is 0 Å². The maximum atomic E-state index is 11.3. The lowest BCUT2D eigenvalue weighted by Crippen LogP contribution is -2.15. The summed E-state index contributed by atoms with van der Waals surface area (Å²) in [6, 6.07) is 9.14. The standard InChI is InChI=1S/C13H18N2O2/c1-2-6-11(14)9-10-17-13(16)15-12-7-4-3-5-8-12/h3-5,7-8,14H,2,6,9-10H2,1H3,(H,15,16). The molecule has 1 aromatic carbocycles. The minimum atomic E-state index is -0.472. The Labute approximate surface area is 101 Å². The first-order chi connectivity index (χ1) is 8.22. The molecule has 0 unspecified atom stereocenters. The molecule has 4 nitrogen and oxygen atoms in total. The van der Waals surface area contributed by atoms with Crippen LogP contribution in [-0.2, 0) is 4.74 Å². The van der Waals surface area contributed by atoms with E-state index in [1.54, 1.807) is 12.1 Å². The summed E-state index contributed by atoms with van der Waals surface area (Å²) in [5, 5.41) is 10.2. The minimum Gasteiger partial charge on any atom is -0.449 e. The largest absolute Gasteiger partial charge is 0.449 e. The number of hydrogen-bond acceptors (Lipinski definition) is 3. The number of carbonyl (C=O) groups excluding carboxylic acids is 1. The number of carbonyl (C=O) groups is 1. The number of para-hydroxylation sites is 1. The van der Waals surface area contributed by atoms with Crippen LogP contribution in [0.15, 0.2) is 30.3 Å². The summed E-state index contributed by atoms with van der Waals surface area (Å²) in [6.07, 6.45) is 1.76. The molecule has 1 rings (SSSR count). The van der Waals surface area contributed by atoms with Gasteiger partial charge in [-0.15, -0.1) is 0 Å². The molecule has 2 N–H and O–H groups in total. The summed E-state index contributed by atoms with van der Waals surface area (Å²) < 4.78 is 4.97. The summed E-state index contributed by atoms with van der Waals surface area (Å²) >= 11 is 0. The van der Waals surface area contributed by atoms with E-state index in [0.717, 1.165) is 12.8 Å². The third-order valence-electron chi connectivity index (χ3n) is 2.21. The van der Waals surface area contributed by atoms with Gasteiger partial charge in [0.1, 0.15) is 0 Å². The molecule has 4 heteroatoms. The smallest absolute Gasteiger partial charge is 0.411 e. The lowest BCUT2D eigenvalue weighted by atomic mass is 10.2. The first kappa shape index (κ1) is 13.2. The number of nitrogens with one attached hydrogen (secondary N) is 2. The Morgan fingerprint density at radius 1 is 1.29 bits per heavy atom. The van der Waals surface area contributed by atoms with Crippen molar-refractivity contribution in [2.45, 2.75) is 26.2 Å². The molecule has 17 heavy (non-hydrogen) atoms. The molecule has 0 saturated carbocycles. The van der Waals surface area contributed by atoms with Gasteiger partial charge in [-0.25, -0.2) is 4.79 Å². The third-order valence-corrected chi connectivity index (χ3v) is 2.21. The molecular formula is C13H18N2O2. The average Bonchev–Trinajstić information content (AvgIpc) is 2.30. The van der Waals surface area contributed by atoms with Gasteiger partial charge < -0.3 is 10.1 Å². The molecule has 92 valence electrons. The summed E-state index contributed by atoms with van der Waals surface area (Å²) in [4.78, 5) is 11.3. The van der Waals surface area contributed by atoms with Gasteiger partial charge in [-0.05, 0) is 18.6 Å². The van der Waals surface area contributed by atoms with Crippen LogP contribution < -0.4 is 5.32 Å². The van der Waals surface area contributed by atoms with Crippen LogP contribution in [-0.4, -0.2) is 18.4 Å². The van der Waals surface area contributed by atoms with Crippen molar-refractivity contribution in [2.24, 2.45) is 0 Å². The van der Waals surface area contributed by atoms with Crippen molar-refractivity contribution in [3.8, 4) is 0 Å². The highest BCUT2D eigenvalue weighted by atomic mass is 16.5. The Balaban J connectivity index is 2.20. The second-order valence-corrected chi connectivity index (χ2v) is 3.73. The van der Waals surface area contributed by atoms with Crippen LogP contribution in [0.3, 0.4) is 0 Å². The maximum Gasteiger partial charge on any atom is 0.411 e. The number of benzene rings is 1. The molecule has 0 aliphatic rings. The number of rotatable bonds is 6. The fourth-order valence-electron chi connectivity index (χ4n) is 1.37. The molecule has 1 amide bonds. The van der Waals surface area contributed by atoms with Gasteiger partial charge in [-0.2, -0.15) is 0 Å². The van der Waals surface area contributed by atoms with Gasteiger partial charge >= 0.3 is 6.09 Å². The van der Waals surface area contributed by atoms with Crippen LogP contribution in [0.2, 0.25) is 0 Å². The van der Waals surface area contributed by atoms with E-state index in [1.165, 1.54) is 0 Å². The quantitative estimate of drug-likeness (QED) is 0.740. The highest BCUT2D eigenvalue weighted by Crippen LogP contribution is 2.05. The Hall–Kier alpha value is -1.84. The molecule has 0 radical (unpaired) electrons. The molecule has 0 aliphatic carbocycles. The zero-order chi connectivity index (χ0) is 12.5. The molecule has 0 saturated heterocycles. The second kappa shape index (κ2) is 7.44. The minimum absolute atomic E-state index is 0.261. The Morgan fingerprint density at radius 2 is 2.00 bits per heavy atom. The van der Waals surface area contributed by atoms with Crippen LogP contribution in [0, 0.1) is 5.41 Å². The molecule has 0 aromatic heterocycles. The van der Waals surface area contributed by atoms with Crippen molar-refractivity contribution >= 4 is 17.5 Å². The Bertz CT molecular complexity index is 363. The van der Waals surface area contributed by atoms with Gasteiger partial charge in [0, 0.05) is 17.8 Å². The molecule has 1 aromatic rings. The maximum absolute atomic E-state index is 11.3. The van der Waals surface area contributed by atoms with Crippen LogP contribution in [0.1, 0.15) is 26.2 Å². The van der Waals surface area contributed by atoms with E-state index in [9.17, 15) is 4.79 Å². The summed E-state index contributed by atoms with van der Waals surface area (Å²) in [5.41, 5.74) is 1.33. The molecule has 0 bridgehead atoms. The van der Waals surface area contributed by atoms with Crippen LogP contribution in [0.4, 0.5) is 10.5 Å². The van der Waals surface area contributed by atoms with Gasteiger partial charge in [0.25, 0.3) is 0 Å². The summed E-state index contributed by atoms with van der Waals surface area (Å²) in [7, 11) is 0. The van der Waals surface area contributed by atoms with Gasteiger partial charge in [0.05, 0.1) is 6.61 Å². The average molecular weight is 234 g/mol. The highest BCUT2D eigenvalue weighted by molar-refractivity contribution is 5.85. The zero-order valence-corrected chi connectivity index (χ0v) is 10.0. The normalized spacial score (nSPS) is 9.71. The lowest BCUT2D eigenvalue weighted by molar-refractivity contribution is 0.164. The van der Waals surface area contributed by atoms with E-state index in [-0.39, 0.29) is 6.61 Å². The van der Waals surface area contributed by atoms with Gasteiger partial charge in [-0.1, -0.05) is 31.5 Å². The van der Waals surface area contributed by atoms with Gasteiger partial charge in [0.2, 0.25) is 0 Å². The van der Waals surface area contributed by atoms with E-state index in [4.69, 9.17) is 10.1 Å². The first-order valence-electron chi connectivity index (χ1n) is 5.77. The number of hydrogen-bond donors (Lipinski definition) is 2. The zero-order valence-electron chi connectivity index (χ0n) is 10.0. The molecule has 0 fully saturated rings. The SMILES string of the molecule is CCCC(=N)CCOC(=O)Nc1ccccc1. The van der Waals surface area contributed by atoms with Crippen LogP contribution in [0.5, 0.6) is 0 Å². The van der Waals surface area contributed by atoms with E-state index >= 15 is 0 Å². The highest BCUT2D eigenvalue weighted by Gasteiger charge is 2.03. The molecule has 0 heterocycles. The van der Waals surface area contributed by atoms with Crippen molar-refractivity contribution in [3.05, 3.63) is 30.3 Å². The van der Waals surface area contributed by atoms with E-state index in [0.29, 0.717) is 17.8 Å². The van der Waals surface area contributed by atoms with Crippen LogP contribution >= 0.6 is 0 Å². The molecule has 0 atom stereocenters. The fourth-order valence-corrected chi connectivity index (χ4v) is 1.37. The van der Waals surface area contributed by atoms with E-state index < -0.39 is 6.09 Å². The van der Waals surface area contributed by atoms with Crippen molar-refractivity contribution in [1.29, 1.82) is 5.41 Å². The van der Waals surface area contributed by atoms with E-state index in [2.05, 4.69) is 5.32 Å². The topological polar surface area (TPSA) is 62.2 Å². The summed E-state index contributed by atoms with van der Waals surface area (Å²) in [6.45, 7) is 2.29. The lowest BCUT2D eigenvalue weighted by Gasteiger charge is -2.07. The molecule has 0 aliphatic heterocycles. The van der Waals surface area contributed by atoms with Crippen molar-refractivity contribution in [1.82, 2.24) is 0 Å². The van der Waals surface area contributed by atoms with Gasteiger partial charge in [-0.3, -0.25) is 5.32 Å². The fraction of sp³-hybridized carbons (Fsp3) is 0.385. The van der Waals surface area contributed by atoms with Crippen molar-refractivity contribution in [3.63, 3.8) is 0 Å². The predicted octanol–water partition coefficient (Wildman–Crippen LogP) is 3.45. The van der Waals surface area contributed by atoms with Crippen molar-refractivity contribution in [2.75, 3.05) is 11.9 Å².